The summed E-state index contributed by atoms with van der Waals surface area (Å²) in [4.78, 5) is 14.5. The van der Waals surface area contributed by atoms with Crippen molar-refractivity contribution in [2.45, 2.75) is 51.6 Å². The van der Waals surface area contributed by atoms with Crippen LogP contribution in [0.5, 0.6) is 0 Å². The first-order chi connectivity index (χ1) is 13.7. The Labute approximate surface area is 168 Å². The molecule has 0 unspecified atom stereocenters. The van der Waals surface area contributed by atoms with Crippen LogP contribution >= 0.6 is 0 Å². The Morgan fingerprint density at radius 1 is 0.857 bits per heavy atom. The molecule has 1 N–H and O–H groups in total. The molecule has 2 aromatic rings. The molecule has 3 heteroatoms. The fourth-order valence-electron chi connectivity index (χ4n) is 4.76. The van der Waals surface area contributed by atoms with Crippen LogP contribution in [0.3, 0.4) is 0 Å². The van der Waals surface area contributed by atoms with Crippen LogP contribution in [-0.4, -0.2) is 36.0 Å². The molecule has 146 valence electrons. The molecule has 3 nitrogen and oxygen atoms in total. The maximum Gasteiger partial charge on any atom is 0.253 e. The zero-order valence-electron chi connectivity index (χ0n) is 16.9. The third-order valence-corrected chi connectivity index (χ3v) is 6.21. The van der Waals surface area contributed by atoms with E-state index in [1.807, 2.05) is 30.9 Å². The van der Waals surface area contributed by atoms with E-state index in [1.54, 1.807) is 5.57 Å². The highest BCUT2D eigenvalue weighted by Gasteiger charge is 2.32. The van der Waals surface area contributed by atoms with Crippen molar-refractivity contribution in [1.29, 1.82) is 0 Å². The van der Waals surface area contributed by atoms with E-state index in [1.165, 1.54) is 29.5 Å². The predicted molar refractivity (Wildman–Crippen MR) is 115 cm³/mol. The van der Waals surface area contributed by atoms with Gasteiger partial charge in [-0.2, -0.15) is 0 Å². The summed E-state index contributed by atoms with van der Waals surface area (Å²) in [5.74, 6) is 0.116. The molecule has 0 radical (unpaired) electrons. The molecule has 2 saturated heterocycles. The van der Waals surface area contributed by atoms with Gasteiger partial charge in [-0.25, -0.2) is 0 Å². The largest absolute Gasteiger partial charge is 0.339 e. The SMILES string of the molecule is CCN(CC)C(=O)c1ccc(C(=C2C[C@H]3CC[C@@H](C2)N3)c2ccccc2)cc1. The van der Waals surface area contributed by atoms with Gasteiger partial charge < -0.3 is 10.2 Å². The highest BCUT2D eigenvalue weighted by atomic mass is 16.2. The van der Waals surface area contributed by atoms with Gasteiger partial charge in [0.1, 0.15) is 0 Å². The third kappa shape index (κ3) is 3.77. The number of nitrogens with one attached hydrogen (secondary N) is 1. The van der Waals surface area contributed by atoms with Crippen LogP contribution in [0.15, 0.2) is 60.2 Å². The van der Waals surface area contributed by atoms with E-state index in [0.29, 0.717) is 12.1 Å². The molecule has 0 spiro atoms. The summed E-state index contributed by atoms with van der Waals surface area (Å²) >= 11 is 0. The van der Waals surface area contributed by atoms with Gasteiger partial charge in [0.15, 0.2) is 0 Å². The van der Waals surface area contributed by atoms with Crippen molar-refractivity contribution >= 4 is 11.5 Å². The van der Waals surface area contributed by atoms with Crippen molar-refractivity contribution < 1.29 is 4.79 Å². The molecule has 2 bridgehead atoms. The minimum Gasteiger partial charge on any atom is -0.339 e. The molecule has 2 fully saturated rings. The summed E-state index contributed by atoms with van der Waals surface area (Å²) in [6.07, 6.45) is 4.82. The first kappa shape index (κ1) is 18.9. The zero-order valence-corrected chi connectivity index (χ0v) is 16.9. The molecule has 0 aliphatic carbocycles. The van der Waals surface area contributed by atoms with E-state index in [-0.39, 0.29) is 5.91 Å². The van der Waals surface area contributed by atoms with Gasteiger partial charge >= 0.3 is 0 Å². The first-order valence-corrected chi connectivity index (χ1v) is 10.6. The van der Waals surface area contributed by atoms with Crippen molar-refractivity contribution in [1.82, 2.24) is 10.2 Å². The Morgan fingerprint density at radius 2 is 1.39 bits per heavy atom. The van der Waals surface area contributed by atoms with Crippen molar-refractivity contribution in [3.63, 3.8) is 0 Å². The van der Waals surface area contributed by atoms with Gasteiger partial charge in [0.05, 0.1) is 0 Å². The number of rotatable bonds is 5. The van der Waals surface area contributed by atoms with Gasteiger partial charge in [-0.3, -0.25) is 4.79 Å². The van der Waals surface area contributed by atoms with Crippen LogP contribution < -0.4 is 5.32 Å². The molecule has 28 heavy (non-hydrogen) atoms. The van der Waals surface area contributed by atoms with Gasteiger partial charge in [-0.15, -0.1) is 0 Å². The topological polar surface area (TPSA) is 32.3 Å². The van der Waals surface area contributed by atoms with Gasteiger partial charge in [-0.05, 0) is 68.4 Å². The average molecular weight is 375 g/mol. The molecule has 2 atom stereocenters. The zero-order chi connectivity index (χ0) is 19.5. The summed E-state index contributed by atoms with van der Waals surface area (Å²) in [7, 11) is 0. The van der Waals surface area contributed by atoms with Crippen LogP contribution in [-0.2, 0) is 0 Å². The van der Waals surface area contributed by atoms with E-state index in [2.05, 4.69) is 47.8 Å². The molecular formula is C25H30N2O. The molecule has 0 aromatic heterocycles. The van der Waals surface area contributed by atoms with Crippen LogP contribution in [0.1, 0.15) is 61.0 Å². The number of fused-ring (bicyclic) bond motifs is 2. The maximum atomic E-state index is 12.7. The Hall–Kier alpha value is -2.39. The van der Waals surface area contributed by atoms with Crippen molar-refractivity contribution in [2.75, 3.05) is 13.1 Å². The molecule has 2 aromatic carbocycles. The lowest BCUT2D eigenvalue weighted by molar-refractivity contribution is 0.0773. The predicted octanol–water partition coefficient (Wildman–Crippen LogP) is 4.88. The summed E-state index contributed by atoms with van der Waals surface area (Å²) < 4.78 is 0. The lowest BCUT2D eigenvalue weighted by atomic mass is 9.86. The summed E-state index contributed by atoms with van der Waals surface area (Å²) in [6, 6.07) is 20.2. The van der Waals surface area contributed by atoms with Crippen molar-refractivity contribution in [3.8, 4) is 0 Å². The minimum atomic E-state index is 0.116. The van der Waals surface area contributed by atoms with Crippen molar-refractivity contribution in [3.05, 3.63) is 76.9 Å². The number of hydrogen-bond donors (Lipinski definition) is 1. The van der Waals surface area contributed by atoms with E-state index >= 15 is 0 Å². The van der Waals surface area contributed by atoms with Gasteiger partial charge in [-0.1, -0.05) is 48.0 Å². The smallest absolute Gasteiger partial charge is 0.253 e. The molecular weight excluding hydrogens is 344 g/mol. The van der Waals surface area contributed by atoms with Gasteiger partial charge in [0.2, 0.25) is 0 Å². The van der Waals surface area contributed by atoms with E-state index in [4.69, 9.17) is 0 Å². The standard InChI is InChI=1S/C25H30N2O/c1-3-27(4-2)25(28)20-12-10-19(11-13-20)24(18-8-6-5-7-9-18)21-16-22-14-15-23(17-21)26-22/h5-13,22-23,26H,3-4,14-17H2,1-2H3/t22-,23+. The van der Waals surface area contributed by atoms with Crippen molar-refractivity contribution in [2.24, 2.45) is 0 Å². The summed E-state index contributed by atoms with van der Waals surface area (Å²) in [5.41, 5.74) is 6.19. The number of carbonyl (C=O) groups is 1. The number of carbonyl (C=O) groups excluding carboxylic acids is 1. The van der Waals surface area contributed by atoms with E-state index in [0.717, 1.165) is 31.5 Å². The quantitative estimate of drug-likeness (QED) is 0.808. The lowest BCUT2D eigenvalue weighted by Gasteiger charge is -2.27. The second-order valence-electron chi connectivity index (χ2n) is 7.95. The number of piperidine rings is 1. The normalized spacial score (nSPS) is 22.8. The maximum absolute atomic E-state index is 12.7. The van der Waals surface area contributed by atoms with E-state index < -0.39 is 0 Å². The van der Waals surface area contributed by atoms with Crippen LogP contribution in [0.4, 0.5) is 0 Å². The first-order valence-electron chi connectivity index (χ1n) is 10.6. The Balaban J connectivity index is 1.71. The average Bonchev–Trinajstić information content (AvgIpc) is 3.08. The number of amides is 1. The highest BCUT2D eigenvalue weighted by molar-refractivity contribution is 5.95. The highest BCUT2D eigenvalue weighted by Crippen LogP contribution is 2.38. The lowest BCUT2D eigenvalue weighted by Crippen LogP contribution is -2.35. The second-order valence-corrected chi connectivity index (χ2v) is 7.95. The number of nitrogens with zero attached hydrogens (tertiary/aromatic N) is 1. The van der Waals surface area contributed by atoms with E-state index in [9.17, 15) is 4.79 Å². The number of hydrogen-bond acceptors (Lipinski definition) is 2. The Morgan fingerprint density at radius 3 is 1.96 bits per heavy atom. The summed E-state index contributed by atoms with van der Waals surface area (Å²) in [6.45, 7) is 5.54. The second kappa shape index (κ2) is 8.32. The number of benzene rings is 2. The molecule has 4 rings (SSSR count). The van der Waals surface area contributed by atoms with Crippen LogP contribution in [0.25, 0.3) is 5.57 Å². The van der Waals surface area contributed by atoms with Gasteiger partial charge in [0.25, 0.3) is 5.91 Å². The summed E-state index contributed by atoms with van der Waals surface area (Å²) in [5, 5.41) is 3.74. The molecule has 0 saturated carbocycles. The van der Waals surface area contributed by atoms with Crippen LogP contribution in [0.2, 0.25) is 0 Å². The van der Waals surface area contributed by atoms with Gasteiger partial charge in [0, 0.05) is 30.7 Å². The molecule has 2 aliphatic heterocycles. The Bertz CT molecular complexity index is 836. The molecule has 2 heterocycles. The van der Waals surface area contributed by atoms with Crippen LogP contribution in [0, 0.1) is 0 Å². The minimum absolute atomic E-state index is 0.116. The fourth-order valence-corrected chi connectivity index (χ4v) is 4.76. The third-order valence-electron chi connectivity index (χ3n) is 6.21. The Kier molecular flexibility index (Phi) is 5.63. The molecule has 2 aliphatic rings. The monoisotopic (exact) mass is 374 g/mol. The fraction of sp³-hybridized carbons (Fsp3) is 0.400. The molecule has 1 amide bonds.